The normalized spacial score (nSPS) is 15.6. The number of benzene rings is 3. The van der Waals surface area contributed by atoms with E-state index < -0.39 is 0 Å². The molecule has 1 aliphatic rings. The summed E-state index contributed by atoms with van der Waals surface area (Å²) in [6, 6.07) is 28.6. The quantitative estimate of drug-likeness (QED) is 0.536. The van der Waals surface area contributed by atoms with E-state index in [-0.39, 0.29) is 18.6 Å². The van der Waals surface area contributed by atoms with Gasteiger partial charge in [0.2, 0.25) is 5.91 Å². The third-order valence-electron chi connectivity index (χ3n) is 5.67. The minimum absolute atomic E-state index is 0.0540. The topological polar surface area (TPSA) is 32.8 Å². The Balaban J connectivity index is 1.36. The second-order valence-corrected chi connectivity index (χ2v) is 8.20. The van der Waals surface area contributed by atoms with Gasteiger partial charge in [0.1, 0.15) is 6.61 Å². The van der Waals surface area contributed by atoms with Gasteiger partial charge in [-0.05, 0) is 28.8 Å². The van der Waals surface area contributed by atoms with E-state index in [0.29, 0.717) is 19.7 Å². The van der Waals surface area contributed by atoms with Crippen molar-refractivity contribution in [2.45, 2.75) is 12.6 Å². The molecule has 4 rings (SSSR count). The fourth-order valence-electron chi connectivity index (χ4n) is 4.05. The lowest BCUT2D eigenvalue weighted by atomic mass is 9.96. The summed E-state index contributed by atoms with van der Waals surface area (Å²) >= 11 is 6.11. The van der Waals surface area contributed by atoms with Crippen LogP contribution in [0.25, 0.3) is 0 Å². The first-order chi connectivity index (χ1) is 15.2. The van der Waals surface area contributed by atoms with Gasteiger partial charge in [0.15, 0.2) is 0 Å². The van der Waals surface area contributed by atoms with Crippen molar-refractivity contribution in [2.75, 3.05) is 32.8 Å². The molecule has 0 bridgehead atoms. The van der Waals surface area contributed by atoms with Gasteiger partial charge in [-0.3, -0.25) is 9.69 Å². The largest absolute Gasteiger partial charge is 0.367 e. The minimum atomic E-state index is 0.0540. The second-order valence-electron chi connectivity index (χ2n) is 7.76. The molecule has 31 heavy (non-hydrogen) atoms. The second kappa shape index (κ2) is 10.6. The Hall–Kier alpha value is -2.66. The van der Waals surface area contributed by atoms with Gasteiger partial charge < -0.3 is 9.64 Å². The van der Waals surface area contributed by atoms with E-state index in [4.69, 9.17) is 16.3 Å². The predicted molar refractivity (Wildman–Crippen MR) is 124 cm³/mol. The first-order valence-electron chi connectivity index (χ1n) is 10.6. The van der Waals surface area contributed by atoms with Crippen LogP contribution >= 0.6 is 11.6 Å². The molecule has 3 aromatic carbocycles. The van der Waals surface area contributed by atoms with Crippen LogP contribution in [0.1, 0.15) is 22.7 Å². The Morgan fingerprint density at radius 2 is 1.39 bits per heavy atom. The van der Waals surface area contributed by atoms with Gasteiger partial charge in [-0.15, -0.1) is 0 Å². The lowest BCUT2D eigenvalue weighted by molar-refractivity contribution is -0.138. The molecule has 160 valence electrons. The van der Waals surface area contributed by atoms with E-state index >= 15 is 0 Å². The molecule has 1 atom stereocenters. The summed E-state index contributed by atoms with van der Waals surface area (Å²) in [6.45, 7) is 3.60. The number of ether oxygens (including phenoxy) is 1. The number of amides is 1. The Morgan fingerprint density at radius 1 is 0.806 bits per heavy atom. The standard InChI is InChI=1S/C26H27ClN2O2/c27-24-13-11-23(12-14-24)26(22-9-5-2-6-10-22)29-17-15-28(16-18-29)25(30)20-31-19-21-7-3-1-4-8-21/h1-14,26H,15-20H2. The molecule has 0 N–H and O–H groups in total. The van der Waals surface area contributed by atoms with Crippen LogP contribution in [0.2, 0.25) is 5.02 Å². The summed E-state index contributed by atoms with van der Waals surface area (Å²) in [4.78, 5) is 17.0. The fraction of sp³-hybridized carbons (Fsp3) is 0.269. The first-order valence-corrected chi connectivity index (χ1v) is 11.0. The zero-order valence-corrected chi connectivity index (χ0v) is 18.2. The van der Waals surface area contributed by atoms with Crippen LogP contribution in [-0.4, -0.2) is 48.5 Å². The summed E-state index contributed by atoms with van der Waals surface area (Å²) < 4.78 is 5.64. The van der Waals surface area contributed by atoms with E-state index in [1.807, 2.05) is 53.4 Å². The highest BCUT2D eigenvalue weighted by molar-refractivity contribution is 6.30. The van der Waals surface area contributed by atoms with Crippen molar-refractivity contribution >= 4 is 17.5 Å². The molecule has 1 amide bonds. The maximum absolute atomic E-state index is 12.6. The van der Waals surface area contributed by atoms with Crippen LogP contribution in [0, 0.1) is 0 Å². The predicted octanol–water partition coefficient (Wildman–Crippen LogP) is 4.79. The third kappa shape index (κ3) is 5.73. The van der Waals surface area contributed by atoms with Crippen molar-refractivity contribution in [3.8, 4) is 0 Å². The van der Waals surface area contributed by atoms with Crippen LogP contribution in [0.15, 0.2) is 84.9 Å². The summed E-state index contributed by atoms with van der Waals surface area (Å²) in [5, 5.41) is 0.737. The summed E-state index contributed by atoms with van der Waals surface area (Å²) in [6.07, 6.45) is 0. The molecule has 0 aliphatic carbocycles. The molecule has 0 saturated carbocycles. The Kier molecular flexibility index (Phi) is 7.36. The molecule has 1 aliphatic heterocycles. The van der Waals surface area contributed by atoms with Crippen LogP contribution in [0.4, 0.5) is 0 Å². The van der Waals surface area contributed by atoms with E-state index in [1.165, 1.54) is 11.1 Å². The van der Waals surface area contributed by atoms with Gasteiger partial charge in [0, 0.05) is 31.2 Å². The molecular formula is C26H27ClN2O2. The van der Waals surface area contributed by atoms with E-state index in [2.05, 4.69) is 41.3 Å². The van der Waals surface area contributed by atoms with Gasteiger partial charge in [-0.2, -0.15) is 0 Å². The molecule has 4 nitrogen and oxygen atoms in total. The highest BCUT2D eigenvalue weighted by Crippen LogP contribution is 2.30. The smallest absolute Gasteiger partial charge is 0.248 e. The van der Waals surface area contributed by atoms with Crippen molar-refractivity contribution in [1.29, 1.82) is 0 Å². The summed E-state index contributed by atoms with van der Waals surface area (Å²) in [5.41, 5.74) is 3.53. The average molecular weight is 435 g/mol. The van der Waals surface area contributed by atoms with Crippen LogP contribution in [0.3, 0.4) is 0 Å². The number of carbonyl (C=O) groups excluding carboxylic acids is 1. The number of hydrogen-bond donors (Lipinski definition) is 0. The molecule has 5 heteroatoms. The van der Waals surface area contributed by atoms with Crippen molar-refractivity contribution in [1.82, 2.24) is 9.80 Å². The maximum atomic E-state index is 12.6. The molecule has 1 fully saturated rings. The monoisotopic (exact) mass is 434 g/mol. The van der Waals surface area contributed by atoms with Gasteiger partial charge in [0.25, 0.3) is 0 Å². The third-order valence-corrected chi connectivity index (χ3v) is 5.92. The first kappa shape index (κ1) is 21.6. The van der Waals surface area contributed by atoms with E-state index in [0.717, 1.165) is 23.7 Å². The highest BCUT2D eigenvalue weighted by atomic mass is 35.5. The Bertz CT molecular complexity index is 956. The number of carbonyl (C=O) groups is 1. The van der Waals surface area contributed by atoms with Crippen LogP contribution in [0.5, 0.6) is 0 Å². The van der Waals surface area contributed by atoms with Gasteiger partial charge in [-0.1, -0.05) is 84.4 Å². The molecule has 1 unspecified atom stereocenters. The van der Waals surface area contributed by atoms with Crippen molar-refractivity contribution in [2.24, 2.45) is 0 Å². The molecular weight excluding hydrogens is 408 g/mol. The number of piperazine rings is 1. The van der Waals surface area contributed by atoms with E-state index in [1.54, 1.807) is 0 Å². The van der Waals surface area contributed by atoms with Gasteiger partial charge in [-0.25, -0.2) is 0 Å². The minimum Gasteiger partial charge on any atom is -0.367 e. The lowest BCUT2D eigenvalue weighted by Crippen LogP contribution is -2.50. The molecule has 0 aromatic heterocycles. The van der Waals surface area contributed by atoms with Crippen LogP contribution < -0.4 is 0 Å². The SMILES string of the molecule is O=C(COCc1ccccc1)N1CCN(C(c2ccccc2)c2ccc(Cl)cc2)CC1. The van der Waals surface area contributed by atoms with Crippen molar-refractivity contribution in [3.63, 3.8) is 0 Å². The fourth-order valence-corrected chi connectivity index (χ4v) is 4.17. The molecule has 1 heterocycles. The van der Waals surface area contributed by atoms with Crippen LogP contribution in [-0.2, 0) is 16.1 Å². The lowest BCUT2D eigenvalue weighted by Gasteiger charge is -2.39. The number of hydrogen-bond acceptors (Lipinski definition) is 3. The Labute approximate surface area is 189 Å². The zero-order valence-electron chi connectivity index (χ0n) is 17.5. The molecule has 0 radical (unpaired) electrons. The molecule has 3 aromatic rings. The van der Waals surface area contributed by atoms with E-state index in [9.17, 15) is 4.79 Å². The van der Waals surface area contributed by atoms with Crippen molar-refractivity contribution in [3.05, 3.63) is 107 Å². The van der Waals surface area contributed by atoms with Gasteiger partial charge >= 0.3 is 0 Å². The number of halogens is 1. The summed E-state index contributed by atoms with van der Waals surface area (Å²) in [7, 11) is 0. The molecule has 1 saturated heterocycles. The Morgan fingerprint density at radius 3 is 2.03 bits per heavy atom. The van der Waals surface area contributed by atoms with Gasteiger partial charge in [0.05, 0.1) is 12.6 Å². The molecule has 0 spiro atoms. The summed E-state index contributed by atoms with van der Waals surface area (Å²) in [5.74, 6) is 0.0540. The zero-order chi connectivity index (χ0) is 21.5. The average Bonchev–Trinajstić information content (AvgIpc) is 2.82. The maximum Gasteiger partial charge on any atom is 0.248 e. The number of rotatable bonds is 7. The van der Waals surface area contributed by atoms with Crippen molar-refractivity contribution < 1.29 is 9.53 Å². The number of nitrogens with zero attached hydrogens (tertiary/aromatic N) is 2. The highest BCUT2D eigenvalue weighted by Gasteiger charge is 2.28.